The molecule has 0 spiro atoms. The fourth-order valence-corrected chi connectivity index (χ4v) is 2.04. The van der Waals surface area contributed by atoms with Crippen LogP contribution in [0.15, 0.2) is 35.1 Å². The SMILES string of the molecule is CC(=O)Nc1cccc2ccnc(Br)c12. The van der Waals surface area contributed by atoms with Crippen LogP contribution in [0.3, 0.4) is 0 Å². The first kappa shape index (κ1) is 10.1. The zero-order chi connectivity index (χ0) is 10.8. The molecular weight excluding hydrogens is 256 g/mol. The number of fused-ring (bicyclic) bond motifs is 1. The number of hydrogen-bond donors (Lipinski definition) is 1. The molecule has 0 atom stereocenters. The Balaban J connectivity index is 2.68. The van der Waals surface area contributed by atoms with Gasteiger partial charge in [-0.1, -0.05) is 12.1 Å². The number of benzene rings is 1. The number of halogens is 1. The molecule has 0 radical (unpaired) electrons. The van der Waals surface area contributed by atoms with Crippen molar-refractivity contribution in [1.82, 2.24) is 4.98 Å². The number of nitrogens with zero attached hydrogens (tertiary/aromatic N) is 1. The predicted molar refractivity (Wildman–Crippen MR) is 63.7 cm³/mol. The molecule has 0 bridgehead atoms. The van der Waals surface area contributed by atoms with E-state index in [1.165, 1.54) is 6.92 Å². The van der Waals surface area contributed by atoms with E-state index in [2.05, 4.69) is 26.2 Å². The maximum absolute atomic E-state index is 11.0. The van der Waals surface area contributed by atoms with Gasteiger partial charge in [0.1, 0.15) is 4.60 Å². The van der Waals surface area contributed by atoms with Crippen LogP contribution in [0.25, 0.3) is 10.8 Å². The average Bonchev–Trinajstić information content (AvgIpc) is 2.17. The lowest BCUT2D eigenvalue weighted by atomic mass is 10.1. The third kappa shape index (κ3) is 1.99. The number of rotatable bonds is 1. The second-order valence-corrected chi connectivity index (χ2v) is 3.94. The zero-order valence-electron chi connectivity index (χ0n) is 8.12. The Labute approximate surface area is 95.6 Å². The van der Waals surface area contributed by atoms with Crippen molar-refractivity contribution in [2.45, 2.75) is 6.92 Å². The third-order valence-corrected chi connectivity index (χ3v) is 2.66. The molecule has 0 aliphatic heterocycles. The Morgan fingerprint density at radius 2 is 2.20 bits per heavy atom. The Bertz CT molecular complexity index is 520. The molecular formula is C11H9BrN2O. The summed E-state index contributed by atoms with van der Waals surface area (Å²) >= 11 is 3.38. The summed E-state index contributed by atoms with van der Waals surface area (Å²) in [5.41, 5.74) is 0.778. The minimum atomic E-state index is -0.0850. The van der Waals surface area contributed by atoms with Crippen molar-refractivity contribution >= 4 is 38.3 Å². The number of carbonyl (C=O) groups excluding carboxylic acids is 1. The number of nitrogens with one attached hydrogen (secondary N) is 1. The van der Waals surface area contributed by atoms with E-state index in [1.54, 1.807) is 6.20 Å². The van der Waals surface area contributed by atoms with Crippen molar-refractivity contribution in [3.63, 3.8) is 0 Å². The van der Waals surface area contributed by atoms with Gasteiger partial charge in [-0.25, -0.2) is 4.98 Å². The van der Waals surface area contributed by atoms with Crippen LogP contribution in [0, 0.1) is 0 Å². The van der Waals surface area contributed by atoms with Crippen LogP contribution in [0.2, 0.25) is 0 Å². The summed E-state index contributed by atoms with van der Waals surface area (Å²) in [6, 6.07) is 7.65. The van der Waals surface area contributed by atoms with E-state index in [9.17, 15) is 4.79 Å². The fourth-order valence-electron chi connectivity index (χ4n) is 1.48. The lowest BCUT2D eigenvalue weighted by Crippen LogP contribution is -2.06. The standard InChI is InChI=1S/C11H9BrN2O/c1-7(15)14-9-4-2-3-8-5-6-13-11(12)10(8)9/h2-6H,1H3,(H,14,15). The number of amides is 1. The van der Waals surface area contributed by atoms with Crippen molar-refractivity contribution in [3.05, 3.63) is 35.1 Å². The van der Waals surface area contributed by atoms with Gasteiger partial charge in [-0.2, -0.15) is 0 Å². The van der Waals surface area contributed by atoms with Crippen molar-refractivity contribution < 1.29 is 4.79 Å². The van der Waals surface area contributed by atoms with Gasteiger partial charge in [-0.3, -0.25) is 4.79 Å². The molecule has 1 amide bonds. The Morgan fingerprint density at radius 3 is 2.93 bits per heavy atom. The number of aromatic nitrogens is 1. The second-order valence-electron chi connectivity index (χ2n) is 3.19. The first-order valence-corrected chi connectivity index (χ1v) is 5.28. The van der Waals surface area contributed by atoms with Crippen LogP contribution >= 0.6 is 15.9 Å². The molecule has 1 N–H and O–H groups in total. The summed E-state index contributed by atoms with van der Waals surface area (Å²) in [4.78, 5) is 15.2. The minimum Gasteiger partial charge on any atom is -0.326 e. The highest BCUT2D eigenvalue weighted by atomic mass is 79.9. The molecule has 2 rings (SSSR count). The van der Waals surface area contributed by atoms with Crippen LogP contribution in [0.5, 0.6) is 0 Å². The first-order valence-electron chi connectivity index (χ1n) is 4.49. The molecule has 2 aromatic rings. The highest BCUT2D eigenvalue weighted by Gasteiger charge is 2.05. The lowest BCUT2D eigenvalue weighted by Gasteiger charge is -2.07. The van der Waals surface area contributed by atoms with E-state index in [-0.39, 0.29) is 5.91 Å². The van der Waals surface area contributed by atoms with Gasteiger partial charge in [0.2, 0.25) is 5.91 Å². The van der Waals surface area contributed by atoms with Gasteiger partial charge in [-0.15, -0.1) is 0 Å². The van der Waals surface area contributed by atoms with Crippen LogP contribution in [-0.4, -0.2) is 10.9 Å². The second kappa shape index (κ2) is 3.98. The average molecular weight is 265 g/mol. The van der Waals surface area contributed by atoms with Gasteiger partial charge in [0.15, 0.2) is 0 Å². The normalized spacial score (nSPS) is 10.3. The maximum Gasteiger partial charge on any atom is 0.221 e. The Morgan fingerprint density at radius 1 is 1.40 bits per heavy atom. The molecule has 4 heteroatoms. The van der Waals surface area contributed by atoms with Gasteiger partial charge in [0, 0.05) is 18.5 Å². The van der Waals surface area contributed by atoms with Gasteiger partial charge in [0.05, 0.1) is 5.69 Å². The summed E-state index contributed by atoms with van der Waals surface area (Å²) in [6.45, 7) is 1.49. The van der Waals surface area contributed by atoms with Gasteiger partial charge < -0.3 is 5.32 Å². The Hall–Kier alpha value is -1.42. The van der Waals surface area contributed by atoms with E-state index < -0.39 is 0 Å². The van der Waals surface area contributed by atoms with Crippen LogP contribution < -0.4 is 5.32 Å². The highest BCUT2D eigenvalue weighted by Crippen LogP contribution is 2.28. The molecule has 1 aromatic carbocycles. The molecule has 76 valence electrons. The molecule has 0 fully saturated rings. The summed E-state index contributed by atoms with van der Waals surface area (Å²) in [6.07, 6.45) is 1.73. The molecule has 15 heavy (non-hydrogen) atoms. The first-order chi connectivity index (χ1) is 7.18. The largest absolute Gasteiger partial charge is 0.326 e. The summed E-state index contributed by atoms with van der Waals surface area (Å²) in [7, 11) is 0. The van der Waals surface area contributed by atoms with E-state index >= 15 is 0 Å². The zero-order valence-corrected chi connectivity index (χ0v) is 9.71. The minimum absolute atomic E-state index is 0.0850. The lowest BCUT2D eigenvalue weighted by molar-refractivity contribution is -0.114. The van der Waals surface area contributed by atoms with Crippen molar-refractivity contribution in [2.24, 2.45) is 0 Å². The smallest absolute Gasteiger partial charge is 0.221 e. The van der Waals surface area contributed by atoms with Crippen molar-refractivity contribution in [2.75, 3.05) is 5.32 Å². The number of pyridine rings is 1. The summed E-state index contributed by atoms with van der Waals surface area (Å²) < 4.78 is 0.740. The topological polar surface area (TPSA) is 42.0 Å². The van der Waals surface area contributed by atoms with Gasteiger partial charge >= 0.3 is 0 Å². The van der Waals surface area contributed by atoms with Gasteiger partial charge in [0.25, 0.3) is 0 Å². The molecule has 1 heterocycles. The Kier molecular flexibility index (Phi) is 2.68. The number of anilines is 1. The predicted octanol–water partition coefficient (Wildman–Crippen LogP) is 2.96. The molecule has 0 saturated heterocycles. The molecule has 0 saturated carbocycles. The van der Waals surface area contributed by atoms with Gasteiger partial charge in [-0.05, 0) is 33.4 Å². The third-order valence-electron chi connectivity index (χ3n) is 2.06. The molecule has 0 unspecified atom stereocenters. The molecule has 0 aliphatic carbocycles. The van der Waals surface area contributed by atoms with E-state index in [0.717, 1.165) is 21.1 Å². The van der Waals surface area contributed by atoms with Crippen molar-refractivity contribution in [3.8, 4) is 0 Å². The van der Waals surface area contributed by atoms with Crippen LogP contribution in [0.1, 0.15) is 6.92 Å². The fraction of sp³-hybridized carbons (Fsp3) is 0.0909. The molecule has 1 aromatic heterocycles. The summed E-state index contributed by atoms with van der Waals surface area (Å²) in [5, 5.41) is 4.75. The molecule has 3 nitrogen and oxygen atoms in total. The molecule has 0 aliphatic rings. The van der Waals surface area contributed by atoms with Crippen molar-refractivity contribution in [1.29, 1.82) is 0 Å². The monoisotopic (exact) mass is 264 g/mol. The van der Waals surface area contributed by atoms with E-state index in [0.29, 0.717) is 0 Å². The van der Waals surface area contributed by atoms with E-state index in [4.69, 9.17) is 0 Å². The van der Waals surface area contributed by atoms with Crippen LogP contribution in [-0.2, 0) is 4.79 Å². The number of carbonyl (C=O) groups is 1. The highest BCUT2D eigenvalue weighted by molar-refractivity contribution is 9.10. The number of hydrogen-bond acceptors (Lipinski definition) is 2. The quantitative estimate of drug-likeness (QED) is 0.805. The summed E-state index contributed by atoms with van der Waals surface area (Å²) in [5.74, 6) is -0.0850. The maximum atomic E-state index is 11.0. The van der Waals surface area contributed by atoms with Crippen LogP contribution in [0.4, 0.5) is 5.69 Å². The van der Waals surface area contributed by atoms with E-state index in [1.807, 2.05) is 24.3 Å².